The summed E-state index contributed by atoms with van der Waals surface area (Å²) in [5.41, 5.74) is -1.12. The summed E-state index contributed by atoms with van der Waals surface area (Å²) in [5.74, 6) is -0.610. The molecule has 0 spiro atoms. The van der Waals surface area contributed by atoms with Gasteiger partial charge in [-0.05, 0) is 6.92 Å². The summed E-state index contributed by atoms with van der Waals surface area (Å²) in [6.45, 7) is 2.78. The van der Waals surface area contributed by atoms with Gasteiger partial charge >= 0.3 is 16.1 Å². The number of hydrogen-bond acceptors (Lipinski definition) is 5. The number of esters is 1. The van der Waals surface area contributed by atoms with Gasteiger partial charge in [-0.1, -0.05) is 0 Å². The van der Waals surface area contributed by atoms with Crippen molar-refractivity contribution in [1.82, 2.24) is 0 Å². The summed E-state index contributed by atoms with van der Waals surface area (Å²) >= 11 is 0. The van der Waals surface area contributed by atoms with Crippen LogP contribution >= 0.6 is 0 Å². The van der Waals surface area contributed by atoms with Gasteiger partial charge in [0.2, 0.25) is 5.44 Å². The molecule has 1 fully saturated rings. The van der Waals surface area contributed by atoms with Gasteiger partial charge in [0.05, 0.1) is 6.10 Å². The Bertz CT molecular complexity index is 280. The fraction of sp³-hybridized carbons (Fsp3) is 0.833. The minimum Gasteiger partial charge on any atom is -0.443 e. The Kier molecular flexibility index (Phi) is 2.39. The normalized spacial score (nSPS) is 33.2. The highest BCUT2D eigenvalue weighted by molar-refractivity contribution is 7.87. The Labute approximate surface area is 70.8 Å². The highest BCUT2D eigenvalue weighted by Crippen LogP contribution is 2.24. The topological polar surface area (TPSA) is 69.7 Å². The van der Waals surface area contributed by atoms with Crippen LogP contribution in [0.15, 0.2) is 0 Å². The molecule has 1 aliphatic heterocycles. The lowest BCUT2D eigenvalue weighted by molar-refractivity contribution is -0.142. The first-order chi connectivity index (χ1) is 5.42. The van der Waals surface area contributed by atoms with Crippen LogP contribution in [0, 0.1) is 0 Å². The lowest BCUT2D eigenvalue weighted by Crippen LogP contribution is -2.21. The van der Waals surface area contributed by atoms with Gasteiger partial charge in [-0.15, -0.1) is 0 Å². The van der Waals surface area contributed by atoms with E-state index in [1.165, 1.54) is 6.92 Å². The first-order valence-electron chi connectivity index (χ1n) is 3.51. The number of hydrogen-bond donors (Lipinski definition) is 0. The number of rotatable bonds is 1. The molecule has 2 atom stereocenters. The minimum atomic E-state index is -3.67. The molecule has 6 heteroatoms. The van der Waals surface area contributed by atoms with Crippen molar-refractivity contribution in [2.24, 2.45) is 0 Å². The quantitative estimate of drug-likeness (QED) is 0.434. The Morgan fingerprint density at radius 2 is 2.17 bits per heavy atom. The zero-order valence-electron chi connectivity index (χ0n) is 6.81. The maximum Gasteiger partial charge on any atom is 0.306 e. The van der Waals surface area contributed by atoms with Gasteiger partial charge in [0, 0.05) is 13.3 Å². The summed E-state index contributed by atoms with van der Waals surface area (Å²) in [5, 5.41) is 0. The largest absolute Gasteiger partial charge is 0.443 e. The van der Waals surface area contributed by atoms with E-state index in [4.69, 9.17) is 0 Å². The maximum atomic E-state index is 11.0. The lowest BCUT2D eigenvalue weighted by Gasteiger charge is -2.05. The molecule has 0 radical (unpaired) electrons. The zero-order valence-corrected chi connectivity index (χ0v) is 7.63. The predicted octanol–water partition coefficient (Wildman–Crippen LogP) is 0.0142. The third-order valence-electron chi connectivity index (χ3n) is 1.44. The molecule has 0 aliphatic carbocycles. The third-order valence-corrected chi connectivity index (χ3v) is 2.97. The molecule has 0 bridgehead atoms. The van der Waals surface area contributed by atoms with Gasteiger partial charge in [-0.3, -0.25) is 8.98 Å². The molecule has 0 aromatic rings. The molecule has 1 saturated heterocycles. The molecular formula is C6H10O5S. The van der Waals surface area contributed by atoms with E-state index in [9.17, 15) is 13.2 Å². The Balaban J connectivity index is 2.72. The molecule has 0 saturated carbocycles. The summed E-state index contributed by atoms with van der Waals surface area (Å²) < 4.78 is 31.1. The molecule has 1 heterocycles. The van der Waals surface area contributed by atoms with Gasteiger partial charge < -0.3 is 4.74 Å². The smallest absolute Gasteiger partial charge is 0.306 e. The summed E-state index contributed by atoms with van der Waals surface area (Å²) in [4.78, 5) is 10.5. The van der Waals surface area contributed by atoms with Gasteiger partial charge in [-0.25, -0.2) is 0 Å². The molecule has 70 valence electrons. The van der Waals surface area contributed by atoms with E-state index in [1.807, 2.05) is 0 Å². The van der Waals surface area contributed by atoms with Crippen molar-refractivity contribution in [3.05, 3.63) is 0 Å². The van der Waals surface area contributed by atoms with E-state index in [0.29, 0.717) is 0 Å². The van der Waals surface area contributed by atoms with Crippen LogP contribution in [0.3, 0.4) is 0 Å². The fourth-order valence-electron chi connectivity index (χ4n) is 1.01. The summed E-state index contributed by atoms with van der Waals surface area (Å²) in [6.07, 6.45) is -0.193. The second-order valence-electron chi connectivity index (χ2n) is 2.67. The lowest BCUT2D eigenvalue weighted by atomic mass is 10.3. The van der Waals surface area contributed by atoms with Gasteiger partial charge in [0.1, 0.15) is 0 Å². The molecule has 5 nitrogen and oxygen atoms in total. The van der Waals surface area contributed by atoms with Gasteiger partial charge in [-0.2, -0.15) is 8.42 Å². The second kappa shape index (κ2) is 3.02. The van der Waals surface area contributed by atoms with Crippen LogP contribution in [0.1, 0.15) is 20.3 Å². The zero-order chi connectivity index (χ0) is 9.35. The number of carbonyl (C=O) groups is 1. The SMILES string of the molecule is CC(=O)OC1CC(C)OS1(=O)=O. The van der Waals surface area contributed by atoms with Crippen molar-refractivity contribution in [2.45, 2.75) is 31.8 Å². The molecule has 12 heavy (non-hydrogen) atoms. The average Bonchev–Trinajstić information content (AvgIpc) is 2.04. The summed E-state index contributed by atoms with van der Waals surface area (Å²) in [6, 6.07) is 0. The van der Waals surface area contributed by atoms with Crippen LogP contribution < -0.4 is 0 Å². The van der Waals surface area contributed by atoms with Crippen molar-refractivity contribution < 1.29 is 22.1 Å². The molecule has 0 N–H and O–H groups in total. The van der Waals surface area contributed by atoms with Crippen molar-refractivity contribution in [3.8, 4) is 0 Å². The van der Waals surface area contributed by atoms with E-state index < -0.39 is 27.6 Å². The minimum absolute atomic E-state index is 0.210. The Morgan fingerprint density at radius 3 is 2.50 bits per heavy atom. The maximum absolute atomic E-state index is 11.0. The molecule has 0 aromatic carbocycles. The van der Waals surface area contributed by atoms with Crippen molar-refractivity contribution in [1.29, 1.82) is 0 Å². The average molecular weight is 194 g/mol. The standard InChI is InChI=1S/C6H10O5S/c1-4-3-6(10-5(2)7)12(8,9)11-4/h4,6H,3H2,1-2H3. The molecular weight excluding hydrogens is 184 g/mol. The van der Waals surface area contributed by atoms with Crippen LogP contribution in [0.2, 0.25) is 0 Å². The number of ether oxygens (including phenoxy) is 1. The van der Waals surface area contributed by atoms with Gasteiger partial charge in [0.25, 0.3) is 0 Å². The predicted molar refractivity (Wildman–Crippen MR) is 39.6 cm³/mol. The second-order valence-corrected chi connectivity index (χ2v) is 4.38. The molecule has 2 unspecified atom stereocenters. The van der Waals surface area contributed by atoms with E-state index in [-0.39, 0.29) is 6.42 Å². The van der Waals surface area contributed by atoms with E-state index in [0.717, 1.165) is 0 Å². The fourth-order valence-corrected chi connectivity index (χ4v) is 2.43. The van der Waals surface area contributed by atoms with E-state index in [2.05, 4.69) is 8.92 Å². The third kappa shape index (κ3) is 1.95. The molecule has 1 aliphatic rings. The van der Waals surface area contributed by atoms with Crippen LogP contribution in [-0.2, 0) is 23.8 Å². The molecule has 0 aromatic heterocycles. The highest BCUT2D eigenvalue weighted by atomic mass is 32.2. The highest BCUT2D eigenvalue weighted by Gasteiger charge is 2.39. The first kappa shape index (κ1) is 9.47. The van der Waals surface area contributed by atoms with Crippen molar-refractivity contribution in [2.75, 3.05) is 0 Å². The van der Waals surface area contributed by atoms with Crippen LogP contribution in [0.25, 0.3) is 0 Å². The summed E-state index contributed by atoms with van der Waals surface area (Å²) in [7, 11) is -3.67. The molecule has 0 amide bonds. The van der Waals surface area contributed by atoms with E-state index >= 15 is 0 Å². The van der Waals surface area contributed by atoms with Crippen LogP contribution in [0.5, 0.6) is 0 Å². The van der Waals surface area contributed by atoms with Crippen LogP contribution in [-0.4, -0.2) is 25.9 Å². The Hall–Kier alpha value is -0.620. The van der Waals surface area contributed by atoms with Crippen molar-refractivity contribution in [3.63, 3.8) is 0 Å². The monoisotopic (exact) mass is 194 g/mol. The van der Waals surface area contributed by atoms with E-state index in [1.54, 1.807) is 6.92 Å². The van der Waals surface area contributed by atoms with Crippen molar-refractivity contribution >= 4 is 16.1 Å². The molecule has 1 rings (SSSR count). The number of carbonyl (C=O) groups excluding carboxylic acids is 1. The van der Waals surface area contributed by atoms with Gasteiger partial charge in [0.15, 0.2) is 0 Å². The first-order valence-corrected chi connectivity index (χ1v) is 4.98. The Morgan fingerprint density at radius 1 is 1.58 bits per heavy atom. The van der Waals surface area contributed by atoms with Crippen LogP contribution in [0.4, 0.5) is 0 Å².